The van der Waals surface area contributed by atoms with Crippen LogP contribution in [0.4, 0.5) is 5.13 Å². The highest BCUT2D eigenvalue weighted by atomic mass is 32.1. The molecule has 1 N–H and O–H groups in total. The number of nitrogens with zero attached hydrogens (tertiary/aromatic N) is 4. The van der Waals surface area contributed by atoms with Gasteiger partial charge in [0, 0.05) is 56.9 Å². The number of hydrogen-bond donors (Lipinski definition) is 1. The number of benzene rings is 2. The van der Waals surface area contributed by atoms with Crippen molar-refractivity contribution in [3.8, 4) is 5.75 Å². The number of aromatic nitrogens is 2. The second-order valence-corrected chi connectivity index (χ2v) is 9.71. The molecule has 1 aliphatic rings. The van der Waals surface area contributed by atoms with Gasteiger partial charge in [-0.1, -0.05) is 61.6 Å². The van der Waals surface area contributed by atoms with E-state index in [-0.39, 0.29) is 30.6 Å². The first-order valence-corrected chi connectivity index (χ1v) is 12.5. The number of anilines is 1. The Kier molecular flexibility index (Phi) is 8.08. The number of fused-ring (bicyclic) bond motifs is 1. The average molecular weight is 482 g/mol. The lowest BCUT2D eigenvalue weighted by atomic mass is 10.1. The highest BCUT2D eigenvalue weighted by Crippen LogP contribution is 2.25. The third kappa shape index (κ3) is 6.30. The fourth-order valence-corrected chi connectivity index (χ4v) is 4.67. The van der Waals surface area contributed by atoms with Gasteiger partial charge < -0.3 is 15.0 Å². The Labute approximate surface area is 203 Å². The molecule has 1 fully saturated rings. The van der Waals surface area contributed by atoms with Crippen molar-refractivity contribution in [1.29, 1.82) is 0 Å². The second kappa shape index (κ2) is 11.4. The van der Waals surface area contributed by atoms with Gasteiger partial charge in [-0.05, 0) is 11.5 Å². The van der Waals surface area contributed by atoms with Crippen molar-refractivity contribution in [3.63, 3.8) is 0 Å². The molecule has 2 aromatic carbocycles. The summed E-state index contributed by atoms with van der Waals surface area (Å²) in [6.07, 6.45) is 0.348. The molecule has 34 heavy (non-hydrogen) atoms. The molecule has 0 saturated carbocycles. The Bertz CT molecular complexity index is 1120. The Morgan fingerprint density at radius 2 is 1.79 bits per heavy atom. The Morgan fingerprint density at radius 1 is 1.03 bits per heavy atom. The van der Waals surface area contributed by atoms with E-state index in [1.54, 1.807) is 0 Å². The van der Waals surface area contributed by atoms with E-state index in [0.29, 0.717) is 24.8 Å². The number of nitrogens with one attached hydrogen (secondary N) is 1. The van der Waals surface area contributed by atoms with E-state index < -0.39 is 0 Å². The maximum Gasteiger partial charge on any atom is 0.226 e. The summed E-state index contributed by atoms with van der Waals surface area (Å²) >= 11 is 1.37. The lowest BCUT2D eigenvalue weighted by Gasteiger charge is -2.34. The second-order valence-electron chi connectivity index (χ2n) is 8.70. The van der Waals surface area contributed by atoms with Gasteiger partial charge in [-0.3, -0.25) is 14.5 Å². The summed E-state index contributed by atoms with van der Waals surface area (Å²) < 4.78 is 6.05. The van der Waals surface area contributed by atoms with Crippen LogP contribution in [-0.2, 0) is 9.59 Å². The number of amides is 2. The van der Waals surface area contributed by atoms with E-state index in [1.165, 1.54) is 16.7 Å². The van der Waals surface area contributed by atoms with E-state index in [0.717, 1.165) is 35.8 Å². The topological polar surface area (TPSA) is 87.7 Å². The van der Waals surface area contributed by atoms with Crippen LogP contribution in [0.15, 0.2) is 42.5 Å². The molecule has 9 heteroatoms. The summed E-state index contributed by atoms with van der Waals surface area (Å²) in [7, 11) is 0. The first-order chi connectivity index (χ1) is 16.5. The van der Waals surface area contributed by atoms with E-state index in [2.05, 4.69) is 38.6 Å². The highest BCUT2D eigenvalue weighted by Gasteiger charge is 2.22. The van der Waals surface area contributed by atoms with Gasteiger partial charge in [0.1, 0.15) is 17.4 Å². The van der Waals surface area contributed by atoms with Crippen molar-refractivity contribution >= 4 is 39.1 Å². The molecule has 3 aromatic rings. The molecule has 1 saturated heterocycles. The smallest absolute Gasteiger partial charge is 0.226 e. The molecular formula is C25H31N5O3S. The predicted molar refractivity (Wildman–Crippen MR) is 134 cm³/mol. The van der Waals surface area contributed by atoms with Crippen LogP contribution < -0.4 is 10.1 Å². The van der Waals surface area contributed by atoms with Crippen LogP contribution in [0.3, 0.4) is 0 Å². The third-order valence-corrected chi connectivity index (χ3v) is 7.03. The zero-order valence-electron chi connectivity index (χ0n) is 19.7. The molecule has 8 nitrogen and oxygen atoms in total. The Balaban J connectivity index is 1.15. The number of carbonyl (C=O) groups is 2. The van der Waals surface area contributed by atoms with Crippen LogP contribution in [0.2, 0.25) is 0 Å². The molecule has 180 valence electrons. The molecule has 0 atom stereocenters. The predicted octanol–water partition coefficient (Wildman–Crippen LogP) is 3.76. The fraction of sp³-hybridized carbons (Fsp3) is 0.440. The minimum absolute atomic E-state index is 0.0157. The summed E-state index contributed by atoms with van der Waals surface area (Å²) in [4.78, 5) is 28.9. The van der Waals surface area contributed by atoms with E-state index in [1.807, 2.05) is 43.0 Å². The number of ether oxygens (including phenoxy) is 1. The van der Waals surface area contributed by atoms with Crippen LogP contribution in [0.1, 0.15) is 37.6 Å². The molecule has 4 rings (SSSR count). The molecule has 2 heterocycles. The van der Waals surface area contributed by atoms with Gasteiger partial charge in [-0.25, -0.2) is 0 Å². The summed E-state index contributed by atoms with van der Waals surface area (Å²) in [6.45, 7) is 8.43. The summed E-state index contributed by atoms with van der Waals surface area (Å²) in [5.41, 5.74) is 0. The number of rotatable bonds is 9. The van der Waals surface area contributed by atoms with Crippen LogP contribution >= 0.6 is 11.3 Å². The molecule has 1 aromatic heterocycles. The van der Waals surface area contributed by atoms with Gasteiger partial charge in [-0.15, -0.1) is 10.2 Å². The SMILES string of the molecule is CC(C)c1nnc(NC(=O)CCC(=O)N2CCN(CCOc3cccc4ccccc34)CC2)s1. The van der Waals surface area contributed by atoms with Gasteiger partial charge in [0.2, 0.25) is 16.9 Å². The maximum absolute atomic E-state index is 12.6. The van der Waals surface area contributed by atoms with Gasteiger partial charge in [0.15, 0.2) is 0 Å². The van der Waals surface area contributed by atoms with Crippen molar-refractivity contribution in [1.82, 2.24) is 20.0 Å². The molecule has 0 bridgehead atoms. The van der Waals surface area contributed by atoms with Crippen molar-refractivity contribution in [2.45, 2.75) is 32.6 Å². The van der Waals surface area contributed by atoms with Crippen LogP contribution in [0.25, 0.3) is 10.8 Å². The molecule has 0 spiro atoms. The van der Waals surface area contributed by atoms with Gasteiger partial charge in [0.25, 0.3) is 0 Å². The van der Waals surface area contributed by atoms with Gasteiger partial charge >= 0.3 is 0 Å². The van der Waals surface area contributed by atoms with E-state index in [9.17, 15) is 9.59 Å². The van der Waals surface area contributed by atoms with Crippen LogP contribution in [0, 0.1) is 0 Å². The number of carbonyl (C=O) groups excluding carboxylic acids is 2. The Hall–Kier alpha value is -3.04. The van der Waals surface area contributed by atoms with E-state index >= 15 is 0 Å². The molecular weight excluding hydrogens is 450 g/mol. The van der Waals surface area contributed by atoms with Gasteiger partial charge in [0.05, 0.1) is 0 Å². The van der Waals surface area contributed by atoms with Gasteiger partial charge in [-0.2, -0.15) is 0 Å². The lowest BCUT2D eigenvalue weighted by molar-refractivity contribution is -0.134. The zero-order chi connectivity index (χ0) is 23.9. The minimum Gasteiger partial charge on any atom is -0.492 e. The van der Waals surface area contributed by atoms with Crippen molar-refractivity contribution in [2.75, 3.05) is 44.6 Å². The van der Waals surface area contributed by atoms with E-state index in [4.69, 9.17) is 4.74 Å². The molecule has 0 aliphatic carbocycles. The van der Waals surface area contributed by atoms with Crippen LogP contribution in [0.5, 0.6) is 5.75 Å². The summed E-state index contributed by atoms with van der Waals surface area (Å²) in [5.74, 6) is 0.985. The third-order valence-electron chi connectivity index (χ3n) is 5.89. The maximum atomic E-state index is 12.6. The largest absolute Gasteiger partial charge is 0.492 e. The lowest BCUT2D eigenvalue weighted by Crippen LogP contribution is -2.49. The number of hydrogen-bond acceptors (Lipinski definition) is 7. The Morgan fingerprint density at radius 3 is 2.56 bits per heavy atom. The monoisotopic (exact) mass is 481 g/mol. The van der Waals surface area contributed by atoms with Crippen molar-refractivity contribution in [2.24, 2.45) is 0 Å². The fourth-order valence-electron chi connectivity index (χ4n) is 3.91. The quantitative estimate of drug-likeness (QED) is 0.501. The molecule has 0 unspecified atom stereocenters. The highest BCUT2D eigenvalue weighted by molar-refractivity contribution is 7.15. The summed E-state index contributed by atoms with van der Waals surface area (Å²) in [6, 6.07) is 14.3. The average Bonchev–Trinajstić information content (AvgIpc) is 3.32. The zero-order valence-corrected chi connectivity index (χ0v) is 20.5. The molecule has 0 radical (unpaired) electrons. The normalized spacial score (nSPS) is 14.5. The first-order valence-electron chi connectivity index (χ1n) is 11.7. The first kappa shape index (κ1) is 24.1. The molecule has 2 amide bonds. The van der Waals surface area contributed by atoms with Crippen LogP contribution in [-0.4, -0.2) is 71.1 Å². The van der Waals surface area contributed by atoms with Crippen molar-refractivity contribution < 1.29 is 14.3 Å². The van der Waals surface area contributed by atoms with Crippen molar-refractivity contribution in [3.05, 3.63) is 47.5 Å². The summed E-state index contributed by atoms with van der Waals surface area (Å²) in [5, 5.41) is 14.5. The number of piperazine rings is 1. The minimum atomic E-state index is -0.205. The standard InChI is InChI=1S/C25H31N5O3S/c1-18(2)24-27-28-25(34-24)26-22(31)10-11-23(32)30-14-12-29(13-15-30)16-17-33-21-9-5-7-19-6-3-4-8-20(19)21/h3-9,18H,10-17H2,1-2H3,(H,26,28,31). The molecule has 1 aliphatic heterocycles.